The maximum absolute atomic E-state index is 4.67. The number of hydrogen-bond acceptors (Lipinski definition) is 3. The molecule has 0 bridgehead atoms. The van der Waals surface area contributed by atoms with Gasteiger partial charge in [-0.2, -0.15) is 5.10 Å². The molecule has 3 heteroatoms. The Balaban J connectivity index is 1.76. The van der Waals surface area contributed by atoms with Crippen LogP contribution in [0.2, 0.25) is 0 Å². The van der Waals surface area contributed by atoms with Crippen LogP contribution < -0.4 is 0 Å². The fraction of sp³-hybridized carbons (Fsp3) is 0.100. The highest BCUT2D eigenvalue weighted by molar-refractivity contribution is 5.78. The number of hydrogen-bond donors (Lipinski definition) is 0. The Hall–Kier alpha value is -2.94. The highest BCUT2D eigenvalue weighted by Crippen LogP contribution is 2.10. The van der Waals surface area contributed by atoms with E-state index in [0.29, 0.717) is 0 Å². The van der Waals surface area contributed by atoms with Crippen molar-refractivity contribution in [2.45, 2.75) is 13.1 Å². The van der Waals surface area contributed by atoms with Gasteiger partial charge in [0.1, 0.15) is 0 Å². The molecule has 0 atom stereocenters. The predicted octanol–water partition coefficient (Wildman–Crippen LogP) is 4.12. The number of rotatable bonds is 6. The van der Waals surface area contributed by atoms with Crippen molar-refractivity contribution in [1.29, 1.82) is 0 Å². The number of hydrazone groups is 1. The van der Waals surface area contributed by atoms with Crippen molar-refractivity contribution in [3.8, 4) is 0 Å². The summed E-state index contributed by atoms with van der Waals surface area (Å²) < 4.78 is 0. The molecule has 0 amide bonds. The van der Waals surface area contributed by atoms with Gasteiger partial charge in [0.15, 0.2) is 0 Å². The second-order valence-electron chi connectivity index (χ2n) is 5.32. The highest BCUT2D eigenvalue weighted by atomic mass is 15.4. The summed E-state index contributed by atoms with van der Waals surface area (Å²) in [5.41, 5.74) is 3.54. The number of nitrogens with zero attached hydrogens (tertiary/aromatic N) is 3. The highest BCUT2D eigenvalue weighted by Gasteiger charge is 2.04. The van der Waals surface area contributed by atoms with Crippen molar-refractivity contribution < 1.29 is 0 Å². The SMILES string of the molecule is C(=N/N(Cc1ccccc1)Cc1ccccc1)/c1ccncc1. The minimum absolute atomic E-state index is 0.775. The second-order valence-corrected chi connectivity index (χ2v) is 5.32. The normalized spacial score (nSPS) is 10.8. The molecule has 1 heterocycles. The lowest BCUT2D eigenvalue weighted by atomic mass is 10.2. The molecule has 0 unspecified atom stereocenters. The molecule has 0 saturated heterocycles. The largest absolute Gasteiger partial charge is 0.288 e. The Labute approximate surface area is 136 Å². The van der Waals surface area contributed by atoms with Crippen molar-refractivity contribution in [3.05, 3.63) is 102 Å². The molecule has 0 radical (unpaired) electrons. The lowest BCUT2D eigenvalue weighted by Crippen LogP contribution is -2.17. The van der Waals surface area contributed by atoms with E-state index >= 15 is 0 Å². The Morgan fingerprint density at radius 1 is 0.739 bits per heavy atom. The van der Waals surface area contributed by atoms with Crippen LogP contribution in [0.1, 0.15) is 16.7 Å². The van der Waals surface area contributed by atoms with Crippen LogP contribution in [0.5, 0.6) is 0 Å². The van der Waals surface area contributed by atoms with E-state index < -0.39 is 0 Å². The van der Waals surface area contributed by atoms with Gasteiger partial charge in [-0.15, -0.1) is 0 Å². The van der Waals surface area contributed by atoms with E-state index in [0.717, 1.165) is 18.7 Å². The van der Waals surface area contributed by atoms with Gasteiger partial charge in [0.05, 0.1) is 19.3 Å². The van der Waals surface area contributed by atoms with Crippen molar-refractivity contribution in [3.63, 3.8) is 0 Å². The second kappa shape index (κ2) is 7.90. The summed E-state index contributed by atoms with van der Waals surface area (Å²) in [7, 11) is 0. The van der Waals surface area contributed by atoms with Gasteiger partial charge in [0.25, 0.3) is 0 Å². The Bertz CT molecular complexity index is 683. The maximum Gasteiger partial charge on any atom is 0.0614 e. The van der Waals surface area contributed by atoms with E-state index in [1.165, 1.54) is 11.1 Å². The van der Waals surface area contributed by atoms with E-state index in [-0.39, 0.29) is 0 Å². The monoisotopic (exact) mass is 301 g/mol. The van der Waals surface area contributed by atoms with E-state index in [4.69, 9.17) is 0 Å². The Morgan fingerprint density at radius 3 is 1.78 bits per heavy atom. The van der Waals surface area contributed by atoms with Gasteiger partial charge in [0.2, 0.25) is 0 Å². The average Bonchev–Trinajstić information content (AvgIpc) is 2.62. The van der Waals surface area contributed by atoms with Crippen molar-refractivity contribution in [2.24, 2.45) is 5.10 Å². The summed E-state index contributed by atoms with van der Waals surface area (Å²) in [6.45, 7) is 1.55. The Kier molecular flexibility index (Phi) is 5.14. The van der Waals surface area contributed by atoms with Crippen LogP contribution in [0.3, 0.4) is 0 Å². The molecule has 114 valence electrons. The van der Waals surface area contributed by atoms with Crippen molar-refractivity contribution >= 4 is 6.21 Å². The van der Waals surface area contributed by atoms with Crippen LogP contribution in [0, 0.1) is 0 Å². The van der Waals surface area contributed by atoms with Gasteiger partial charge in [0, 0.05) is 12.4 Å². The summed E-state index contributed by atoms with van der Waals surface area (Å²) in [5, 5.41) is 6.74. The molecule has 2 aromatic carbocycles. The van der Waals surface area contributed by atoms with Crippen molar-refractivity contribution in [1.82, 2.24) is 9.99 Å². The molecular formula is C20H19N3. The van der Waals surface area contributed by atoms with Gasteiger partial charge in [-0.3, -0.25) is 9.99 Å². The third-order valence-corrected chi connectivity index (χ3v) is 3.49. The van der Waals surface area contributed by atoms with E-state index in [1.807, 2.05) is 30.5 Å². The molecule has 0 N–H and O–H groups in total. The molecule has 3 rings (SSSR count). The molecule has 3 nitrogen and oxygen atoms in total. The molecular weight excluding hydrogens is 282 g/mol. The first kappa shape index (κ1) is 15.0. The summed E-state index contributed by atoms with van der Waals surface area (Å²) in [4.78, 5) is 4.03. The molecule has 3 aromatic rings. The van der Waals surface area contributed by atoms with Crippen LogP contribution in [0.25, 0.3) is 0 Å². The maximum atomic E-state index is 4.67. The zero-order valence-corrected chi connectivity index (χ0v) is 12.9. The summed E-state index contributed by atoms with van der Waals surface area (Å²) in [5.74, 6) is 0. The smallest absolute Gasteiger partial charge is 0.0614 e. The van der Waals surface area contributed by atoms with Gasteiger partial charge in [-0.25, -0.2) is 0 Å². The first-order valence-corrected chi connectivity index (χ1v) is 7.67. The summed E-state index contributed by atoms with van der Waals surface area (Å²) in [6.07, 6.45) is 5.44. The molecule has 0 saturated carbocycles. The third-order valence-electron chi connectivity index (χ3n) is 3.49. The number of aromatic nitrogens is 1. The van der Waals surface area contributed by atoms with Crippen LogP contribution >= 0.6 is 0 Å². The van der Waals surface area contributed by atoms with Crippen molar-refractivity contribution in [2.75, 3.05) is 0 Å². The fourth-order valence-corrected chi connectivity index (χ4v) is 2.32. The summed E-state index contributed by atoms with van der Waals surface area (Å²) in [6, 6.07) is 24.7. The van der Waals surface area contributed by atoms with Gasteiger partial charge < -0.3 is 0 Å². The zero-order valence-electron chi connectivity index (χ0n) is 12.9. The lowest BCUT2D eigenvalue weighted by Gasteiger charge is -2.19. The molecule has 0 spiro atoms. The standard InChI is InChI=1S/C20H19N3/c1-3-7-19(8-4-1)16-23(17-20-9-5-2-6-10-20)22-15-18-11-13-21-14-12-18/h1-15H,16-17H2/b22-15-. The number of pyridine rings is 1. The predicted molar refractivity (Wildman–Crippen MR) is 94.0 cm³/mol. The topological polar surface area (TPSA) is 28.5 Å². The molecule has 0 fully saturated rings. The minimum Gasteiger partial charge on any atom is -0.288 e. The first-order valence-electron chi connectivity index (χ1n) is 7.67. The molecule has 1 aromatic heterocycles. The molecule has 0 aliphatic carbocycles. The van der Waals surface area contributed by atoms with Crippen LogP contribution in [0.15, 0.2) is 90.3 Å². The zero-order chi connectivity index (χ0) is 15.7. The van der Waals surface area contributed by atoms with E-state index in [2.05, 4.69) is 63.6 Å². The number of benzene rings is 2. The average molecular weight is 301 g/mol. The molecule has 0 aliphatic heterocycles. The van der Waals surface area contributed by atoms with Gasteiger partial charge in [-0.05, 0) is 28.8 Å². The lowest BCUT2D eigenvalue weighted by molar-refractivity contribution is 0.272. The van der Waals surface area contributed by atoms with Gasteiger partial charge >= 0.3 is 0 Å². The first-order chi connectivity index (χ1) is 11.4. The molecule has 0 aliphatic rings. The van der Waals surface area contributed by atoms with Gasteiger partial charge in [-0.1, -0.05) is 60.7 Å². The Morgan fingerprint density at radius 2 is 1.26 bits per heavy atom. The van der Waals surface area contributed by atoms with Crippen LogP contribution in [-0.4, -0.2) is 16.2 Å². The fourth-order valence-electron chi connectivity index (χ4n) is 2.32. The minimum atomic E-state index is 0.775. The third kappa shape index (κ3) is 4.78. The van der Waals surface area contributed by atoms with Crippen LogP contribution in [0.4, 0.5) is 0 Å². The van der Waals surface area contributed by atoms with Crippen LogP contribution in [-0.2, 0) is 13.1 Å². The summed E-state index contributed by atoms with van der Waals surface area (Å²) >= 11 is 0. The van der Waals surface area contributed by atoms with E-state index in [9.17, 15) is 0 Å². The van der Waals surface area contributed by atoms with E-state index in [1.54, 1.807) is 12.4 Å². The quantitative estimate of drug-likeness (QED) is 0.506. The molecule has 23 heavy (non-hydrogen) atoms.